The first kappa shape index (κ1) is 16.1. The van der Waals surface area contributed by atoms with Gasteiger partial charge in [0.05, 0.1) is 11.7 Å². The Labute approximate surface area is 117 Å². The van der Waals surface area contributed by atoms with Crippen LogP contribution in [0, 0.1) is 0 Å². The molecule has 0 aromatic heterocycles. The molecular formula is C12H22O4S2. The lowest BCUT2D eigenvalue weighted by atomic mass is 10.2. The van der Waals surface area contributed by atoms with Crippen molar-refractivity contribution in [3.05, 3.63) is 0 Å². The van der Waals surface area contributed by atoms with Gasteiger partial charge in [-0.2, -0.15) is 0 Å². The number of carbonyl (C=O) groups excluding carboxylic acids is 1. The summed E-state index contributed by atoms with van der Waals surface area (Å²) in [5.74, 6) is 0.867. The molecule has 18 heavy (non-hydrogen) atoms. The Hall–Kier alpha value is 0.0900. The first-order valence-electron chi connectivity index (χ1n) is 6.11. The van der Waals surface area contributed by atoms with E-state index < -0.39 is 11.9 Å². The summed E-state index contributed by atoms with van der Waals surface area (Å²) in [6, 6.07) is 0. The van der Waals surface area contributed by atoms with Crippen LogP contribution in [0.1, 0.15) is 27.7 Å². The molecule has 0 spiro atoms. The number of rotatable bonds is 6. The van der Waals surface area contributed by atoms with Crippen LogP contribution in [0.15, 0.2) is 0 Å². The zero-order valence-corrected chi connectivity index (χ0v) is 13.2. The van der Waals surface area contributed by atoms with Crippen LogP contribution in [0.4, 0.5) is 0 Å². The molecule has 0 aromatic rings. The summed E-state index contributed by atoms with van der Waals surface area (Å²) in [4.78, 5) is 11.8. The van der Waals surface area contributed by atoms with E-state index in [2.05, 4.69) is 13.8 Å². The van der Waals surface area contributed by atoms with E-state index in [1.165, 1.54) is 7.11 Å². The summed E-state index contributed by atoms with van der Waals surface area (Å²) in [5.41, 5.74) is 0. The smallest absolute Gasteiger partial charge is 0.337 e. The molecule has 4 nitrogen and oxygen atoms in total. The number of methoxy groups -OCH3 is 1. The van der Waals surface area contributed by atoms with Crippen molar-refractivity contribution < 1.29 is 19.0 Å². The third-order valence-electron chi connectivity index (χ3n) is 2.49. The molecule has 0 aromatic carbocycles. The third-order valence-corrected chi connectivity index (χ3v) is 5.17. The van der Waals surface area contributed by atoms with Crippen molar-refractivity contribution in [2.45, 2.75) is 50.3 Å². The van der Waals surface area contributed by atoms with Crippen molar-refractivity contribution in [1.29, 1.82) is 0 Å². The first-order chi connectivity index (χ1) is 8.45. The normalized spacial score (nSPS) is 26.6. The number of hydrogen-bond acceptors (Lipinski definition) is 6. The van der Waals surface area contributed by atoms with Crippen molar-refractivity contribution in [2.75, 3.05) is 18.6 Å². The molecule has 0 N–H and O–H groups in total. The minimum atomic E-state index is -0.732. The van der Waals surface area contributed by atoms with Gasteiger partial charge in [0.25, 0.3) is 0 Å². The van der Waals surface area contributed by atoms with E-state index in [1.54, 1.807) is 23.5 Å². The minimum Gasteiger partial charge on any atom is -0.467 e. The molecule has 1 fully saturated rings. The minimum absolute atomic E-state index is 0.186. The molecule has 1 aliphatic rings. The number of ether oxygens (including phenoxy) is 3. The van der Waals surface area contributed by atoms with Gasteiger partial charge in [-0.05, 0) is 25.4 Å². The molecule has 0 radical (unpaired) electrons. The van der Waals surface area contributed by atoms with Crippen LogP contribution < -0.4 is 0 Å². The van der Waals surface area contributed by atoms with Crippen LogP contribution in [-0.4, -0.2) is 47.2 Å². The largest absolute Gasteiger partial charge is 0.467 e. The molecule has 1 aliphatic heterocycles. The Kier molecular flexibility index (Phi) is 6.30. The van der Waals surface area contributed by atoms with Gasteiger partial charge in [-0.1, -0.05) is 13.8 Å². The van der Waals surface area contributed by atoms with Gasteiger partial charge in [0.15, 0.2) is 11.9 Å². The van der Waals surface area contributed by atoms with Crippen LogP contribution in [-0.2, 0) is 19.0 Å². The zero-order valence-electron chi connectivity index (χ0n) is 11.6. The fourth-order valence-electron chi connectivity index (χ4n) is 1.85. The van der Waals surface area contributed by atoms with Crippen molar-refractivity contribution in [3.63, 3.8) is 0 Å². The van der Waals surface area contributed by atoms with Crippen LogP contribution in [0.2, 0.25) is 0 Å². The Balaban J connectivity index is 2.83. The monoisotopic (exact) mass is 294 g/mol. The second-order valence-corrected chi connectivity index (χ2v) is 7.46. The maximum Gasteiger partial charge on any atom is 0.337 e. The van der Waals surface area contributed by atoms with Crippen LogP contribution in [0.5, 0.6) is 0 Å². The molecule has 1 saturated heterocycles. The van der Waals surface area contributed by atoms with E-state index in [9.17, 15) is 4.79 Å². The van der Waals surface area contributed by atoms with Gasteiger partial charge >= 0.3 is 5.97 Å². The van der Waals surface area contributed by atoms with Gasteiger partial charge < -0.3 is 14.2 Å². The van der Waals surface area contributed by atoms with Gasteiger partial charge in [0, 0.05) is 0 Å². The highest BCUT2D eigenvalue weighted by atomic mass is 32.2. The predicted molar refractivity (Wildman–Crippen MR) is 75.9 cm³/mol. The van der Waals surface area contributed by atoms with Gasteiger partial charge in [-0.25, -0.2) is 4.79 Å². The van der Waals surface area contributed by atoms with Crippen molar-refractivity contribution in [2.24, 2.45) is 0 Å². The quantitative estimate of drug-likeness (QED) is 0.554. The van der Waals surface area contributed by atoms with Gasteiger partial charge in [-0.15, -0.1) is 23.5 Å². The Morgan fingerprint density at radius 2 is 1.83 bits per heavy atom. The molecule has 6 heteroatoms. The summed E-state index contributed by atoms with van der Waals surface area (Å²) in [5, 5.41) is 0. The number of hydrogen-bond donors (Lipinski definition) is 0. The summed E-state index contributed by atoms with van der Waals surface area (Å²) in [6.07, 6.45) is -0.893. The van der Waals surface area contributed by atoms with E-state index in [4.69, 9.17) is 14.2 Å². The average molecular weight is 294 g/mol. The number of carbonyl (C=O) groups is 1. The summed E-state index contributed by atoms with van der Waals surface area (Å²) in [7, 11) is 1.38. The van der Waals surface area contributed by atoms with Gasteiger partial charge in [-0.3, -0.25) is 0 Å². The lowest BCUT2D eigenvalue weighted by Gasteiger charge is -2.24. The lowest BCUT2D eigenvalue weighted by Crippen LogP contribution is -2.38. The van der Waals surface area contributed by atoms with E-state index in [1.807, 2.05) is 13.8 Å². The number of thioether (sulfide) groups is 2. The van der Waals surface area contributed by atoms with Gasteiger partial charge in [0.2, 0.25) is 0 Å². The topological polar surface area (TPSA) is 44.8 Å². The molecule has 0 amide bonds. The Morgan fingerprint density at radius 3 is 2.28 bits per heavy atom. The van der Waals surface area contributed by atoms with Gasteiger partial charge in [0.1, 0.15) is 6.10 Å². The molecular weight excluding hydrogens is 272 g/mol. The maximum atomic E-state index is 11.8. The first-order valence-corrected chi connectivity index (χ1v) is 8.21. The van der Waals surface area contributed by atoms with Crippen LogP contribution in [0.3, 0.4) is 0 Å². The average Bonchev–Trinajstić information content (AvgIpc) is 2.64. The molecule has 1 heterocycles. The Morgan fingerprint density at radius 1 is 1.28 bits per heavy atom. The highest BCUT2D eigenvalue weighted by Gasteiger charge is 2.49. The SMILES string of the molecule is CCSC(SCC)[C@H]1OC(C)(C)O[C@@H]1C(=O)OC. The molecule has 0 saturated carbocycles. The fourth-order valence-corrected chi connectivity index (χ4v) is 4.49. The lowest BCUT2D eigenvalue weighted by molar-refractivity contribution is -0.168. The summed E-state index contributed by atoms with van der Waals surface area (Å²) in [6.45, 7) is 7.85. The second-order valence-electron chi connectivity index (χ2n) is 4.32. The zero-order chi connectivity index (χ0) is 13.8. The third kappa shape index (κ3) is 4.05. The summed E-state index contributed by atoms with van der Waals surface area (Å²) < 4.78 is 16.5. The van der Waals surface area contributed by atoms with Crippen LogP contribution in [0.25, 0.3) is 0 Å². The molecule has 0 unspecified atom stereocenters. The van der Waals surface area contributed by atoms with Crippen molar-refractivity contribution >= 4 is 29.5 Å². The molecule has 0 bridgehead atoms. The fraction of sp³-hybridized carbons (Fsp3) is 0.917. The predicted octanol–water partition coefficient (Wildman–Crippen LogP) is 2.51. The van der Waals surface area contributed by atoms with Crippen molar-refractivity contribution in [3.8, 4) is 0 Å². The summed E-state index contributed by atoms with van der Waals surface area (Å²) >= 11 is 3.56. The van der Waals surface area contributed by atoms with E-state index in [0.29, 0.717) is 0 Å². The second kappa shape index (κ2) is 7.03. The van der Waals surface area contributed by atoms with E-state index in [0.717, 1.165) is 11.5 Å². The Bertz CT molecular complexity index is 277. The molecule has 0 aliphatic carbocycles. The number of esters is 1. The van der Waals surface area contributed by atoms with Crippen molar-refractivity contribution in [1.82, 2.24) is 0 Å². The van der Waals surface area contributed by atoms with E-state index in [-0.39, 0.29) is 16.7 Å². The maximum absolute atomic E-state index is 11.8. The standard InChI is InChI=1S/C12H22O4S2/c1-6-17-11(18-7-2)9-8(10(13)14-5)15-12(3,4)16-9/h8-9,11H,6-7H2,1-5H3/t8-,9-/m0/s1. The molecule has 2 atom stereocenters. The van der Waals surface area contributed by atoms with E-state index >= 15 is 0 Å². The highest BCUT2D eigenvalue weighted by molar-refractivity contribution is 8.17. The molecule has 1 rings (SSSR count). The van der Waals surface area contributed by atoms with Crippen LogP contribution >= 0.6 is 23.5 Å². The highest BCUT2D eigenvalue weighted by Crippen LogP contribution is 2.39. The molecule has 106 valence electrons.